The standard InChI is InChI=1S/C15H14Br2N2O2/c1-2-18-13-9(5-6-11(16)12(13)17)14(20)10-7-19-21-15(10)8-3-4-8/h5-8,18H,2-4H2,1H3. The number of nitrogens with zero attached hydrogens (tertiary/aromatic N) is 1. The number of halogens is 2. The van der Waals surface area contributed by atoms with Crippen molar-refractivity contribution in [1.82, 2.24) is 5.16 Å². The molecule has 0 aliphatic heterocycles. The maximum atomic E-state index is 12.8. The quantitative estimate of drug-likeness (QED) is 0.719. The minimum Gasteiger partial charge on any atom is -0.384 e. The van der Waals surface area contributed by atoms with Gasteiger partial charge in [0, 0.05) is 22.5 Å². The minimum absolute atomic E-state index is 0.0534. The van der Waals surface area contributed by atoms with Crippen molar-refractivity contribution < 1.29 is 9.32 Å². The lowest BCUT2D eigenvalue weighted by Crippen LogP contribution is -2.09. The van der Waals surface area contributed by atoms with Crippen molar-refractivity contribution in [1.29, 1.82) is 0 Å². The molecule has 0 unspecified atom stereocenters. The number of benzene rings is 1. The molecule has 0 spiro atoms. The van der Waals surface area contributed by atoms with Crippen molar-refractivity contribution in [2.45, 2.75) is 25.7 Å². The van der Waals surface area contributed by atoms with Crippen LogP contribution in [-0.2, 0) is 0 Å². The van der Waals surface area contributed by atoms with Gasteiger partial charge in [-0.1, -0.05) is 5.16 Å². The number of ketones is 1. The molecule has 21 heavy (non-hydrogen) atoms. The Morgan fingerprint density at radius 2 is 2.14 bits per heavy atom. The largest absolute Gasteiger partial charge is 0.384 e. The van der Waals surface area contributed by atoms with Gasteiger partial charge < -0.3 is 9.84 Å². The average molecular weight is 414 g/mol. The number of nitrogens with one attached hydrogen (secondary N) is 1. The van der Waals surface area contributed by atoms with Crippen LogP contribution in [0.4, 0.5) is 5.69 Å². The smallest absolute Gasteiger partial charge is 0.200 e. The highest BCUT2D eigenvalue weighted by Crippen LogP contribution is 2.43. The second-order valence-electron chi connectivity index (χ2n) is 5.02. The normalized spacial score (nSPS) is 14.2. The van der Waals surface area contributed by atoms with Crippen LogP contribution in [0.5, 0.6) is 0 Å². The lowest BCUT2D eigenvalue weighted by Gasteiger charge is -2.13. The first-order valence-electron chi connectivity index (χ1n) is 6.84. The molecule has 0 bridgehead atoms. The topological polar surface area (TPSA) is 55.1 Å². The van der Waals surface area contributed by atoms with Crippen LogP contribution in [0.2, 0.25) is 0 Å². The molecule has 0 radical (unpaired) electrons. The van der Waals surface area contributed by atoms with E-state index < -0.39 is 0 Å². The van der Waals surface area contributed by atoms with Gasteiger partial charge in [0.15, 0.2) is 11.5 Å². The highest BCUT2D eigenvalue weighted by atomic mass is 79.9. The van der Waals surface area contributed by atoms with E-state index in [1.807, 2.05) is 19.1 Å². The predicted molar refractivity (Wildman–Crippen MR) is 87.9 cm³/mol. The molecule has 1 aromatic heterocycles. The first-order chi connectivity index (χ1) is 10.1. The van der Waals surface area contributed by atoms with Crippen molar-refractivity contribution in [2.24, 2.45) is 0 Å². The van der Waals surface area contributed by atoms with Gasteiger partial charge in [0.25, 0.3) is 0 Å². The summed E-state index contributed by atoms with van der Waals surface area (Å²) in [7, 11) is 0. The minimum atomic E-state index is -0.0534. The van der Waals surface area contributed by atoms with Gasteiger partial charge in [0.2, 0.25) is 0 Å². The lowest BCUT2D eigenvalue weighted by molar-refractivity contribution is 0.103. The van der Waals surface area contributed by atoms with E-state index in [0.717, 1.165) is 39.8 Å². The van der Waals surface area contributed by atoms with E-state index in [-0.39, 0.29) is 5.78 Å². The molecule has 1 N–H and O–H groups in total. The molecule has 1 aliphatic carbocycles. The van der Waals surface area contributed by atoms with Crippen molar-refractivity contribution in [2.75, 3.05) is 11.9 Å². The van der Waals surface area contributed by atoms with E-state index in [0.29, 0.717) is 17.0 Å². The van der Waals surface area contributed by atoms with Gasteiger partial charge in [-0.2, -0.15) is 0 Å². The number of hydrogen-bond donors (Lipinski definition) is 1. The first-order valence-corrected chi connectivity index (χ1v) is 8.43. The average Bonchev–Trinajstić information content (AvgIpc) is 3.21. The fourth-order valence-corrected chi connectivity index (χ4v) is 3.11. The van der Waals surface area contributed by atoms with Crippen molar-refractivity contribution in [3.63, 3.8) is 0 Å². The Morgan fingerprint density at radius 3 is 2.81 bits per heavy atom. The molecule has 2 aromatic rings. The molecule has 0 amide bonds. The third-order valence-electron chi connectivity index (χ3n) is 3.48. The van der Waals surface area contributed by atoms with E-state index in [9.17, 15) is 4.79 Å². The molecular weight excluding hydrogens is 400 g/mol. The summed E-state index contributed by atoms with van der Waals surface area (Å²) in [6.45, 7) is 2.73. The zero-order valence-corrected chi connectivity index (χ0v) is 14.6. The summed E-state index contributed by atoms with van der Waals surface area (Å²) in [6.07, 6.45) is 3.67. The SMILES string of the molecule is CCNc1c(C(=O)c2cnoc2C2CC2)ccc(Br)c1Br. The van der Waals surface area contributed by atoms with Crippen LogP contribution < -0.4 is 5.32 Å². The van der Waals surface area contributed by atoms with Gasteiger partial charge in [0.05, 0.1) is 21.9 Å². The van der Waals surface area contributed by atoms with E-state index in [4.69, 9.17) is 4.52 Å². The molecular formula is C15H14Br2N2O2. The molecule has 1 aromatic carbocycles. The van der Waals surface area contributed by atoms with Gasteiger partial charge in [-0.3, -0.25) is 4.79 Å². The maximum Gasteiger partial charge on any atom is 0.200 e. The molecule has 6 heteroatoms. The fourth-order valence-electron chi connectivity index (χ4n) is 2.29. The number of carbonyl (C=O) groups is 1. The van der Waals surface area contributed by atoms with Crippen molar-refractivity contribution in [3.8, 4) is 0 Å². The zero-order valence-electron chi connectivity index (χ0n) is 11.5. The molecule has 4 nitrogen and oxygen atoms in total. The van der Waals surface area contributed by atoms with Gasteiger partial charge in [-0.15, -0.1) is 0 Å². The third kappa shape index (κ3) is 2.79. The number of anilines is 1. The van der Waals surface area contributed by atoms with Crippen LogP contribution in [0, 0.1) is 0 Å². The summed E-state index contributed by atoms with van der Waals surface area (Å²) in [6, 6.07) is 3.68. The lowest BCUT2D eigenvalue weighted by atomic mass is 10.0. The monoisotopic (exact) mass is 412 g/mol. The predicted octanol–water partition coefficient (Wildman–Crippen LogP) is 4.74. The third-order valence-corrected chi connectivity index (χ3v) is 5.50. The first kappa shape index (κ1) is 14.8. The summed E-state index contributed by atoms with van der Waals surface area (Å²) >= 11 is 6.99. The van der Waals surface area contributed by atoms with Crippen LogP contribution in [0.3, 0.4) is 0 Å². The number of carbonyl (C=O) groups excluding carboxylic acids is 1. The maximum absolute atomic E-state index is 12.8. The Balaban J connectivity index is 2.05. The van der Waals surface area contributed by atoms with Crippen molar-refractivity contribution in [3.05, 3.63) is 44.2 Å². The number of rotatable bonds is 5. The summed E-state index contributed by atoms with van der Waals surface area (Å²) in [4.78, 5) is 12.8. The highest BCUT2D eigenvalue weighted by Gasteiger charge is 2.33. The number of aromatic nitrogens is 1. The van der Waals surface area contributed by atoms with Gasteiger partial charge in [-0.05, 0) is 63.8 Å². The van der Waals surface area contributed by atoms with Gasteiger partial charge in [0.1, 0.15) is 0 Å². The molecule has 1 heterocycles. The Labute approximate surface area is 139 Å². The van der Waals surface area contributed by atoms with Crippen LogP contribution in [0.1, 0.15) is 47.4 Å². The second kappa shape index (κ2) is 5.93. The van der Waals surface area contributed by atoms with Crippen LogP contribution in [-0.4, -0.2) is 17.5 Å². The van der Waals surface area contributed by atoms with Gasteiger partial charge >= 0.3 is 0 Å². The fraction of sp³-hybridized carbons (Fsp3) is 0.333. The molecule has 3 rings (SSSR count). The van der Waals surface area contributed by atoms with E-state index in [2.05, 4.69) is 42.3 Å². The van der Waals surface area contributed by atoms with E-state index in [1.54, 1.807) is 0 Å². The van der Waals surface area contributed by atoms with E-state index >= 15 is 0 Å². The van der Waals surface area contributed by atoms with Crippen LogP contribution in [0.15, 0.2) is 31.8 Å². The highest BCUT2D eigenvalue weighted by molar-refractivity contribution is 9.13. The Bertz CT molecular complexity index is 693. The van der Waals surface area contributed by atoms with E-state index in [1.165, 1.54) is 6.20 Å². The Morgan fingerprint density at radius 1 is 1.38 bits per heavy atom. The van der Waals surface area contributed by atoms with Gasteiger partial charge in [-0.25, -0.2) is 0 Å². The molecule has 1 fully saturated rings. The number of hydrogen-bond acceptors (Lipinski definition) is 4. The van der Waals surface area contributed by atoms with Crippen LogP contribution in [0.25, 0.3) is 0 Å². The summed E-state index contributed by atoms with van der Waals surface area (Å²) in [5.41, 5.74) is 1.99. The molecule has 1 saturated carbocycles. The summed E-state index contributed by atoms with van der Waals surface area (Å²) in [5, 5.41) is 7.05. The molecule has 0 atom stereocenters. The molecule has 0 saturated heterocycles. The second-order valence-corrected chi connectivity index (χ2v) is 6.67. The molecule has 110 valence electrons. The zero-order chi connectivity index (χ0) is 15.0. The van der Waals surface area contributed by atoms with Crippen molar-refractivity contribution >= 4 is 43.3 Å². The summed E-state index contributed by atoms with van der Waals surface area (Å²) < 4.78 is 7.02. The Kier molecular flexibility index (Phi) is 4.17. The Hall–Kier alpha value is -1.14. The summed E-state index contributed by atoms with van der Waals surface area (Å²) in [5.74, 6) is 1.02. The molecule has 1 aliphatic rings. The van der Waals surface area contributed by atoms with Crippen LogP contribution >= 0.6 is 31.9 Å².